The van der Waals surface area contributed by atoms with Gasteiger partial charge in [-0.1, -0.05) is 0 Å². The van der Waals surface area contributed by atoms with E-state index < -0.39 is 0 Å². The van der Waals surface area contributed by atoms with Crippen LogP contribution in [0, 0.1) is 0 Å². The molecule has 0 amide bonds. The third-order valence-electron chi connectivity index (χ3n) is 3.27. The van der Waals surface area contributed by atoms with E-state index in [1.165, 1.54) is 0 Å². The van der Waals surface area contributed by atoms with Gasteiger partial charge in [0.2, 0.25) is 0 Å². The van der Waals surface area contributed by atoms with Gasteiger partial charge < -0.3 is 9.47 Å². The first-order chi connectivity index (χ1) is 7.49. The summed E-state index contributed by atoms with van der Waals surface area (Å²) in [6.07, 6.45) is 0.236. The van der Waals surface area contributed by atoms with Gasteiger partial charge in [-0.3, -0.25) is 4.79 Å². The number of Topliss-reactive ketones (excluding diaryl/α,β-unsaturated/α-hetero) is 1. The lowest BCUT2D eigenvalue weighted by Crippen LogP contribution is -2.37. The number of hydrogen-bond acceptors (Lipinski definition) is 3. The molecule has 0 radical (unpaired) electrons. The van der Waals surface area contributed by atoms with Crippen molar-refractivity contribution < 1.29 is 14.3 Å². The van der Waals surface area contributed by atoms with Crippen LogP contribution in [-0.2, 0) is 4.74 Å². The van der Waals surface area contributed by atoms with Crippen molar-refractivity contribution in [3.63, 3.8) is 0 Å². The maximum absolute atomic E-state index is 11.3. The van der Waals surface area contributed by atoms with Crippen molar-refractivity contribution in [2.75, 3.05) is 0 Å². The van der Waals surface area contributed by atoms with Gasteiger partial charge in [0.25, 0.3) is 0 Å². The summed E-state index contributed by atoms with van der Waals surface area (Å²) in [5.41, 5.74) is 1.46. The first-order valence-corrected chi connectivity index (χ1v) is 5.48. The van der Waals surface area contributed by atoms with Gasteiger partial charge >= 0.3 is 0 Å². The van der Waals surface area contributed by atoms with Crippen molar-refractivity contribution in [2.45, 2.75) is 38.6 Å². The molecule has 0 spiro atoms. The summed E-state index contributed by atoms with van der Waals surface area (Å²) in [6, 6.07) is 5.56. The third kappa shape index (κ3) is 1.28. The van der Waals surface area contributed by atoms with Crippen molar-refractivity contribution in [3.05, 3.63) is 29.3 Å². The topological polar surface area (TPSA) is 38.8 Å². The molecule has 0 bridgehead atoms. The quantitative estimate of drug-likeness (QED) is 0.537. The summed E-state index contributed by atoms with van der Waals surface area (Å²) < 4.78 is 11.5. The highest BCUT2D eigenvalue weighted by Crippen LogP contribution is 2.53. The molecular weight excluding hydrogens is 204 g/mol. The van der Waals surface area contributed by atoms with E-state index in [4.69, 9.17) is 9.47 Å². The van der Waals surface area contributed by atoms with Crippen LogP contribution >= 0.6 is 0 Å². The third-order valence-corrected chi connectivity index (χ3v) is 3.27. The van der Waals surface area contributed by atoms with Gasteiger partial charge in [0.15, 0.2) is 5.78 Å². The fraction of sp³-hybridized carbons (Fsp3) is 0.462. The molecule has 0 N–H and O–H groups in total. The lowest BCUT2D eigenvalue weighted by atomic mass is 9.93. The van der Waals surface area contributed by atoms with Gasteiger partial charge in [-0.15, -0.1) is 0 Å². The van der Waals surface area contributed by atoms with Crippen LogP contribution in [-0.4, -0.2) is 17.5 Å². The Kier molecular flexibility index (Phi) is 1.76. The zero-order chi connectivity index (χ0) is 11.5. The van der Waals surface area contributed by atoms with Gasteiger partial charge in [-0.25, -0.2) is 0 Å². The molecule has 0 saturated carbocycles. The second kappa shape index (κ2) is 2.86. The molecule has 2 aliphatic rings. The maximum atomic E-state index is 11.3. The number of rotatable bonds is 1. The fourth-order valence-electron chi connectivity index (χ4n) is 2.30. The summed E-state index contributed by atoms with van der Waals surface area (Å²) in [7, 11) is 0. The number of fused-ring (bicyclic) bond motifs is 3. The molecule has 16 heavy (non-hydrogen) atoms. The highest BCUT2D eigenvalue weighted by Gasteiger charge is 2.56. The molecule has 3 rings (SSSR count). The maximum Gasteiger partial charge on any atom is 0.159 e. The number of ketones is 1. The van der Waals surface area contributed by atoms with Crippen LogP contribution in [0.5, 0.6) is 5.75 Å². The van der Waals surface area contributed by atoms with Gasteiger partial charge in [0, 0.05) is 11.1 Å². The van der Waals surface area contributed by atoms with Gasteiger partial charge in [0.05, 0.1) is 0 Å². The lowest BCUT2D eigenvalue weighted by Gasteiger charge is -2.29. The Bertz CT molecular complexity index is 476. The van der Waals surface area contributed by atoms with Gasteiger partial charge in [0.1, 0.15) is 23.6 Å². The molecule has 0 aromatic heterocycles. The van der Waals surface area contributed by atoms with Crippen LogP contribution in [0.15, 0.2) is 18.2 Å². The minimum atomic E-state index is -0.268. The van der Waals surface area contributed by atoms with E-state index in [-0.39, 0.29) is 23.6 Å². The van der Waals surface area contributed by atoms with Crippen molar-refractivity contribution in [1.82, 2.24) is 0 Å². The summed E-state index contributed by atoms with van der Waals surface area (Å²) in [5, 5.41) is 0. The van der Waals surface area contributed by atoms with Crippen molar-refractivity contribution in [2.24, 2.45) is 0 Å². The van der Waals surface area contributed by atoms with Gasteiger partial charge in [-0.2, -0.15) is 0 Å². The average molecular weight is 218 g/mol. The summed E-state index contributed by atoms with van der Waals surface area (Å²) in [4.78, 5) is 11.3. The largest absolute Gasteiger partial charge is 0.485 e. The second-order valence-electron chi connectivity index (χ2n) is 4.99. The van der Waals surface area contributed by atoms with Crippen LogP contribution in [0.2, 0.25) is 0 Å². The number of ether oxygens (including phenoxy) is 2. The molecular formula is C13H14O3. The Hall–Kier alpha value is -1.35. The molecule has 3 nitrogen and oxygen atoms in total. The summed E-state index contributed by atoms with van der Waals surface area (Å²) in [6.45, 7) is 5.62. The van der Waals surface area contributed by atoms with Crippen molar-refractivity contribution in [3.8, 4) is 5.75 Å². The Labute approximate surface area is 94.4 Å². The van der Waals surface area contributed by atoms with E-state index in [0.29, 0.717) is 0 Å². The lowest BCUT2D eigenvalue weighted by molar-refractivity contribution is 0.0725. The average Bonchev–Trinajstić information content (AvgIpc) is 2.97. The standard InChI is InChI=1S/C13H14O3/c1-7(14)8-4-5-10-9(6-8)11-12(15-11)13(2,3)16-10/h4-6,11-12H,1-3H3. The van der Waals surface area contributed by atoms with Crippen LogP contribution < -0.4 is 4.74 Å². The minimum Gasteiger partial charge on any atom is -0.485 e. The van der Waals surface area contributed by atoms with Crippen molar-refractivity contribution in [1.29, 1.82) is 0 Å². The first kappa shape index (κ1) is 9.85. The number of carbonyl (C=O) groups excluding carboxylic acids is 1. The predicted octanol–water partition coefficient (Wildman–Crippen LogP) is 2.50. The summed E-state index contributed by atoms with van der Waals surface area (Å²) >= 11 is 0. The smallest absolute Gasteiger partial charge is 0.159 e. The van der Waals surface area contributed by atoms with Crippen LogP contribution in [0.4, 0.5) is 0 Å². The van der Waals surface area contributed by atoms with Crippen LogP contribution in [0.25, 0.3) is 0 Å². The molecule has 84 valence electrons. The Morgan fingerprint density at radius 3 is 2.81 bits per heavy atom. The van der Waals surface area contributed by atoms with Crippen LogP contribution in [0.3, 0.4) is 0 Å². The van der Waals surface area contributed by atoms with E-state index in [2.05, 4.69) is 0 Å². The monoisotopic (exact) mass is 218 g/mol. The highest BCUT2D eigenvalue weighted by molar-refractivity contribution is 5.94. The molecule has 1 aromatic rings. The SMILES string of the molecule is CC(=O)c1ccc2c(c1)C1OC1C(C)(C)O2. The van der Waals surface area contributed by atoms with Crippen molar-refractivity contribution >= 4 is 5.78 Å². The molecule has 1 aromatic carbocycles. The molecule has 2 atom stereocenters. The number of carbonyl (C=O) groups is 1. The van der Waals surface area contributed by atoms with Gasteiger partial charge in [-0.05, 0) is 39.0 Å². The molecule has 2 aliphatic heterocycles. The molecule has 1 saturated heterocycles. The zero-order valence-electron chi connectivity index (χ0n) is 9.61. The molecule has 2 heterocycles. The molecule has 2 unspecified atom stereocenters. The minimum absolute atomic E-state index is 0.0739. The first-order valence-electron chi connectivity index (χ1n) is 5.48. The van der Waals surface area contributed by atoms with E-state index in [9.17, 15) is 4.79 Å². The van der Waals surface area contributed by atoms with E-state index in [0.717, 1.165) is 16.9 Å². The Balaban J connectivity index is 2.06. The highest BCUT2D eigenvalue weighted by atomic mass is 16.6. The second-order valence-corrected chi connectivity index (χ2v) is 4.99. The normalized spacial score (nSPS) is 28.7. The Morgan fingerprint density at radius 1 is 1.38 bits per heavy atom. The fourth-order valence-corrected chi connectivity index (χ4v) is 2.30. The van der Waals surface area contributed by atoms with E-state index in [1.807, 2.05) is 26.0 Å². The molecule has 1 fully saturated rings. The summed E-state index contributed by atoms with van der Waals surface area (Å²) in [5.74, 6) is 0.915. The zero-order valence-corrected chi connectivity index (χ0v) is 9.61. The van der Waals surface area contributed by atoms with Crippen LogP contribution in [0.1, 0.15) is 42.8 Å². The number of epoxide rings is 1. The molecule has 3 heteroatoms. The predicted molar refractivity (Wildman–Crippen MR) is 58.8 cm³/mol. The number of hydrogen-bond donors (Lipinski definition) is 0. The Morgan fingerprint density at radius 2 is 2.12 bits per heavy atom. The number of benzene rings is 1. The van der Waals surface area contributed by atoms with E-state index in [1.54, 1.807) is 13.0 Å². The molecule has 0 aliphatic carbocycles. The van der Waals surface area contributed by atoms with E-state index >= 15 is 0 Å².